The molecule has 1 amide bonds. The first kappa shape index (κ1) is 14.7. The highest BCUT2D eigenvalue weighted by Gasteiger charge is 2.25. The number of nitrogens with zero attached hydrogens (tertiary/aromatic N) is 1. The molecule has 0 aliphatic carbocycles. The summed E-state index contributed by atoms with van der Waals surface area (Å²) in [5, 5.41) is 0. The van der Waals surface area contributed by atoms with Crippen molar-refractivity contribution in [1.29, 1.82) is 0 Å². The summed E-state index contributed by atoms with van der Waals surface area (Å²) in [6, 6.07) is 5.20. The third-order valence-electron chi connectivity index (χ3n) is 2.65. The molecule has 0 saturated heterocycles. The number of carbonyl (C=O) groups excluding carboxylic acids is 1. The highest BCUT2D eigenvalue weighted by atomic mass is 32.2. The van der Waals surface area contributed by atoms with Crippen LogP contribution in [-0.2, 0) is 14.8 Å². The van der Waals surface area contributed by atoms with E-state index in [1.54, 1.807) is 26.0 Å². The van der Waals surface area contributed by atoms with Crippen molar-refractivity contribution in [3.63, 3.8) is 0 Å². The van der Waals surface area contributed by atoms with Crippen LogP contribution < -0.4 is 5.73 Å². The van der Waals surface area contributed by atoms with E-state index in [0.29, 0.717) is 5.56 Å². The maximum Gasteiger partial charge on any atom is 0.243 e. The third kappa shape index (κ3) is 3.08. The van der Waals surface area contributed by atoms with Gasteiger partial charge in [-0.25, -0.2) is 8.42 Å². The van der Waals surface area contributed by atoms with E-state index in [1.807, 2.05) is 13.0 Å². The topological polar surface area (TPSA) is 80.5 Å². The van der Waals surface area contributed by atoms with Crippen LogP contribution in [-0.4, -0.2) is 31.7 Å². The van der Waals surface area contributed by atoms with E-state index in [9.17, 15) is 13.2 Å². The van der Waals surface area contributed by atoms with Gasteiger partial charge >= 0.3 is 0 Å². The van der Waals surface area contributed by atoms with Gasteiger partial charge in [0, 0.05) is 6.54 Å². The number of amides is 1. The monoisotopic (exact) mass is 270 g/mol. The van der Waals surface area contributed by atoms with Crippen LogP contribution in [0.15, 0.2) is 23.1 Å². The van der Waals surface area contributed by atoms with E-state index in [1.165, 1.54) is 0 Å². The lowest BCUT2D eigenvalue weighted by Crippen LogP contribution is -2.38. The van der Waals surface area contributed by atoms with Gasteiger partial charge in [0.1, 0.15) is 0 Å². The summed E-state index contributed by atoms with van der Waals surface area (Å²) in [6.07, 6.45) is 0. The normalized spacial score (nSPS) is 11.8. The fourth-order valence-corrected chi connectivity index (χ4v) is 3.39. The van der Waals surface area contributed by atoms with Gasteiger partial charge in [-0.15, -0.1) is 0 Å². The average Bonchev–Trinajstić information content (AvgIpc) is 2.28. The Morgan fingerprint density at radius 3 is 2.44 bits per heavy atom. The van der Waals surface area contributed by atoms with E-state index in [2.05, 4.69) is 0 Å². The van der Waals surface area contributed by atoms with Gasteiger partial charge in [0.15, 0.2) is 0 Å². The summed E-state index contributed by atoms with van der Waals surface area (Å²) in [4.78, 5) is 11.1. The summed E-state index contributed by atoms with van der Waals surface area (Å²) in [5.41, 5.74) is 6.58. The Morgan fingerprint density at radius 2 is 1.94 bits per heavy atom. The summed E-state index contributed by atoms with van der Waals surface area (Å²) in [7, 11) is -3.67. The number of carbonyl (C=O) groups is 1. The van der Waals surface area contributed by atoms with Gasteiger partial charge in [-0.3, -0.25) is 4.79 Å². The maximum absolute atomic E-state index is 12.4. The van der Waals surface area contributed by atoms with E-state index >= 15 is 0 Å². The number of hydrogen-bond acceptors (Lipinski definition) is 3. The molecule has 5 nitrogen and oxygen atoms in total. The first-order valence-corrected chi connectivity index (χ1v) is 7.08. The highest BCUT2D eigenvalue weighted by Crippen LogP contribution is 2.20. The maximum atomic E-state index is 12.4. The molecule has 0 atom stereocenters. The van der Waals surface area contributed by atoms with Gasteiger partial charge in [0.25, 0.3) is 0 Å². The average molecular weight is 270 g/mol. The van der Waals surface area contributed by atoms with Crippen molar-refractivity contribution >= 4 is 15.9 Å². The molecule has 0 unspecified atom stereocenters. The van der Waals surface area contributed by atoms with Crippen molar-refractivity contribution in [2.75, 3.05) is 13.1 Å². The molecule has 0 bridgehead atoms. The van der Waals surface area contributed by atoms with Crippen molar-refractivity contribution in [3.8, 4) is 0 Å². The lowest BCUT2D eigenvalue weighted by molar-refractivity contribution is -0.118. The lowest BCUT2D eigenvalue weighted by Gasteiger charge is -2.20. The minimum Gasteiger partial charge on any atom is -0.369 e. The molecule has 1 aromatic rings. The molecule has 0 saturated carbocycles. The Balaban J connectivity index is 3.26. The molecule has 1 aromatic carbocycles. The summed E-state index contributed by atoms with van der Waals surface area (Å²) in [6.45, 7) is 5.13. The van der Waals surface area contributed by atoms with Crippen LogP contribution in [0.25, 0.3) is 0 Å². The predicted molar refractivity (Wildman–Crippen MR) is 69.5 cm³/mol. The molecule has 6 heteroatoms. The largest absolute Gasteiger partial charge is 0.369 e. The molecule has 0 aliphatic heterocycles. The van der Waals surface area contributed by atoms with Gasteiger partial charge in [-0.05, 0) is 31.0 Å². The Bertz CT molecular complexity index is 552. The quantitative estimate of drug-likeness (QED) is 0.859. The number of likely N-dealkylation sites (N-methyl/N-ethyl adjacent to an activating group) is 1. The Labute approximate surface area is 108 Å². The Hall–Kier alpha value is -1.40. The van der Waals surface area contributed by atoms with Gasteiger partial charge in [-0.1, -0.05) is 19.1 Å². The second-order valence-corrected chi connectivity index (χ2v) is 6.07. The molecule has 0 radical (unpaired) electrons. The molecule has 100 valence electrons. The zero-order chi connectivity index (χ0) is 13.9. The first-order chi connectivity index (χ1) is 8.28. The number of nitrogens with two attached hydrogens (primary N) is 1. The van der Waals surface area contributed by atoms with Crippen molar-refractivity contribution in [2.45, 2.75) is 25.7 Å². The number of hydrogen-bond donors (Lipinski definition) is 1. The zero-order valence-corrected chi connectivity index (χ0v) is 11.6. The molecule has 1 rings (SSSR count). The zero-order valence-electron chi connectivity index (χ0n) is 10.8. The minimum atomic E-state index is -3.67. The SMILES string of the molecule is CCN(CC(N)=O)S(=O)(=O)c1cc(C)ccc1C. The lowest BCUT2D eigenvalue weighted by atomic mass is 10.2. The van der Waals surface area contributed by atoms with Crippen LogP contribution in [0.3, 0.4) is 0 Å². The molecule has 0 aromatic heterocycles. The van der Waals surface area contributed by atoms with Gasteiger partial charge < -0.3 is 5.73 Å². The third-order valence-corrected chi connectivity index (χ3v) is 4.71. The van der Waals surface area contributed by atoms with E-state index in [-0.39, 0.29) is 18.0 Å². The second kappa shape index (κ2) is 5.49. The Kier molecular flexibility index (Phi) is 4.48. The van der Waals surface area contributed by atoms with E-state index in [0.717, 1.165) is 9.87 Å². The number of sulfonamides is 1. The molecule has 0 spiro atoms. The molecule has 2 N–H and O–H groups in total. The number of rotatable bonds is 5. The molecular formula is C12H18N2O3S. The fraction of sp³-hybridized carbons (Fsp3) is 0.417. The molecule has 0 fully saturated rings. The van der Waals surface area contributed by atoms with Gasteiger partial charge in [0.2, 0.25) is 15.9 Å². The van der Waals surface area contributed by atoms with Crippen molar-refractivity contribution in [2.24, 2.45) is 5.73 Å². The summed E-state index contributed by atoms with van der Waals surface area (Å²) >= 11 is 0. The molecular weight excluding hydrogens is 252 g/mol. The van der Waals surface area contributed by atoms with E-state index in [4.69, 9.17) is 5.73 Å². The van der Waals surface area contributed by atoms with Crippen LogP contribution in [0.4, 0.5) is 0 Å². The van der Waals surface area contributed by atoms with Crippen molar-refractivity contribution in [3.05, 3.63) is 29.3 Å². The standard InChI is InChI=1S/C12H18N2O3S/c1-4-14(8-12(13)15)18(16,17)11-7-9(2)5-6-10(11)3/h5-7H,4,8H2,1-3H3,(H2,13,15). The van der Waals surface area contributed by atoms with Gasteiger partial charge in [-0.2, -0.15) is 4.31 Å². The Morgan fingerprint density at radius 1 is 1.33 bits per heavy atom. The van der Waals surface area contributed by atoms with Crippen molar-refractivity contribution in [1.82, 2.24) is 4.31 Å². The first-order valence-electron chi connectivity index (χ1n) is 5.64. The minimum absolute atomic E-state index is 0.207. The van der Waals surface area contributed by atoms with E-state index < -0.39 is 15.9 Å². The van der Waals surface area contributed by atoms with Crippen LogP contribution in [0.1, 0.15) is 18.1 Å². The van der Waals surface area contributed by atoms with Crippen molar-refractivity contribution < 1.29 is 13.2 Å². The van der Waals surface area contributed by atoms with Crippen LogP contribution in [0.5, 0.6) is 0 Å². The van der Waals surface area contributed by atoms with Crippen LogP contribution in [0.2, 0.25) is 0 Å². The smallest absolute Gasteiger partial charge is 0.243 e. The fourth-order valence-electron chi connectivity index (χ4n) is 1.66. The van der Waals surface area contributed by atoms with Crippen LogP contribution in [0, 0.1) is 13.8 Å². The molecule has 0 aliphatic rings. The summed E-state index contributed by atoms with van der Waals surface area (Å²) in [5.74, 6) is -0.661. The second-order valence-electron chi connectivity index (χ2n) is 4.17. The molecule has 0 heterocycles. The highest BCUT2D eigenvalue weighted by molar-refractivity contribution is 7.89. The summed E-state index contributed by atoms with van der Waals surface area (Å²) < 4.78 is 25.9. The number of primary amides is 1. The van der Waals surface area contributed by atoms with Gasteiger partial charge in [0.05, 0.1) is 11.4 Å². The molecule has 18 heavy (non-hydrogen) atoms. The predicted octanol–water partition coefficient (Wildman–Crippen LogP) is 0.799. The number of benzene rings is 1. The van der Waals surface area contributed by atoms with Crippen LogP contribution >= 0.6 is 0 Å². The number of aryl methyl sites for hydroxylation is 2.